The number of aromatic nitrogens is 5. The maximum atomic E-state index is 5.17. The Kier molecular flexibility index (Phi) is 6.39. The Morgan fingerprint density at radius 2 is 1.09 bits per heavy atom. The van der Waals surface area contributed by atoms with Gasteiger partial charge in [-0.1, -0.05) is 127 Å². The molecule has 5 heteroatoms. The van der Waals surface area contributed by atoms with E-state index >= 15 is 0 Å². The van der Waals surface area contributed by atoms with Crippen molar-refractivity contribution in [3.8, 4) is 56.4 Å². The van der Waals surface area contributed by atoms with Crippen LogP contribution in [0.2, 0.25) is 0 Å². The normalized spacial score (nSPS) is 11.4. The largest absolute Gasteiger partial charge is 0.296 e. The molecule has 0 saturated heterocycles. The van der Waals surface area contributed by atoms with Gasteiger partial charge in [0.2, 0.25) is 0 Å². The average Bonchev–Trinajstić information content (AvgIpc) is 3.54. The van der Waals surface area contributed by atoms with E-state index in [0.717, 1.165) is 67.0 Å². The van der Waals surface area contributed by atoms with Gasteiger partial charge in [0.15, 0.2) is 11.5 Å². The van der Waals surface area contributed by atoms with E-state index in [2.05, 4.69) is 119 Å². The van der Waals surface area contributed by atoms with Crippen LogP contribution in [0.3, 0.4) is 0 Å². The lowest BCUT2D eigenvalue weighted by molar-refractivity contribution is 1.13. The molecule has 0 atom stereocenters. The lowest BCUT2D eigenvalue weighted by atomic mass is 9.94. The summed E-state index contributed by atoms with van der Waals surface area (Å²) in [4.78, 5) is 19.8. The molecule has 6 aromatic carbocycles. The van der Waals surface area contributed by atoms with Crippen LogP contribution in [-0.2, 0) is 0 Å². The van der Waals surface area contributed by atoms with Crippen molar-refractivity contribution in [1.29, 1.82) is 0 Å². The second-order valence-electron chi connectivity index (χ2n) is 11.6. The van der Waals surface area contributed by atoms with Gasteiger partial charge in [0.05, 0.1) is 29.0 Å². The lowest BCUT2D eigenvalue weighted by Gasteiger charge is -2.14. The summed E-state index contributed by atoms with van der Waals surface area (Å²) in [7, 11) is 0. The fourth-order valence-corrected chi connectivity index (χ4v) is 6.49. The van der Waals surface area contributed by atoms with E-state index in [9.17, 15) is 0 Å². The zero-order valence-electron chi connectivity index (χ0n) is 25.3. The molecule has 0 bridgehead atoms. The number of benzene rings is 6. The number of rotatable bonds is 5. The monoisotopic (exact) mass is 601 g/mol. The van der Waals surface area contributed by atoms with Crippen molar-refractivity contribution in [3.05, 3.63) is 164 Å². The number of hydrogen-bond acceptors (Lipinski definition) is 4. The summed E-state index contributed by atoms with van der Waals surface area (Å²) in [5, 5.41) is 4.53. The Balaban J connectivity index is 1.27. The number of fused-ring (bicyclic) bond motifs is 3. The maximum absolute atomic E-state index is 5.17. The Bertz CT molecular complexity index is 2510. The molecule has 5 nitrogen and oxygen atoms in total. The summed E-state index contributed by atoms with van der Waals surface area (Å²) >= 11 is 0. The third-order valence-corrected chi connectivity index (χ3v) is 8.74. The third-order valence-electron chi connectivity index (χ3n) is 8.74. The molecule has 0 fully saturated rings. The molecule has 0 radical (unpaired) electrons. The third kappa shape index (κ3) is 4.73. The van der Waals surface area contributed by atoms with Crippen LogP contribution in [0.4, 0.5) is 0 Å². The van der Waals surface area contributed by atoms with Crippen molar-refractivity contribution in [2.75, 3.05) is 0 Å². The van der Waals surface area contributed by atoms with E-state index in [4.69, 9.17) is 15.0 Å². The number of hydrogen-bond donors (Lipinski definition) is 0. The number of imidazole rings is 1. The molecule has 220 valence electrons. The Hall–Kier alpha value is -6.46. The lowest BCUT2D eigenvalue weighted by Crippen LogP contribution is -1.97. The molecule has 0 N–H and O–H groups in total. The van der Waals surface area contributed by atoms with E-state index in [1.807, 2.05) is 55.0 Å². The molecule has 0 amide bonds. The number of nitrogens with zero attached hydrogens (tertiary/aromatic N) is 5. The fourth-order valence-electron chi connectivity index (χ4n) is 6.49. The Labute approximate surface area is 271 Å². The first-order chi connectivity index (χ1) is 23.3. The van der Waals surface area contributed by atoms with E-state index in [1.165, 1.54) is 10.8 Å². The molecular formula is C42H27N5. The molecule has 3 heterocycles. The topological polar surface area (TPSA) is 56.0 Å². The quantitative estimate of drug-likeness (QED) is 0.197. The van der Waals surface area contributed by atoms with Crippen LogP contribution in [0, 0.1) is 0 Å². The molecule has 0 aliphatic carbocycles. The maximum Gasteiger partial charge on any atom is 0.161 e. The van der Waals surface area contributed by atoms with Crippen molar-refractivity contribution in [2.45, 2.75) is 0 Å². The second-order valence-corrected chi connectivity index (χ2v) is 11.6. The van der Waals surface area contributed by atoms with Gasteiger partial charge in [-0.3, -0.25) is 9.38 Å². The molecule has 0 aliphatic heterocycles. The minimum Gasteiger partial charge on any atom is -0.296 e. The van der Waals surface area contributed by atoms with Crippen molar-refractivity contribution >= 4 is 27.2 Å². The minimum absolute atomic E-state index is 0.682. The first-order valence-electron chi connectivity index (χ1n) is 15.6. The summed E-state index contributed by atoms with van der Waals surface area (Å²) in [6.07, 6.45) is 5.62. The molecule has 0 saturated carbocycles. The van der Waals surface area contributed by atoms with Crippen LogP contribution in [0.25, 0.3) is 83.6 Å². The van der Waals surface area contributed by atoms with Gasteiger partial charge in [-0.05, 0) is 39.7 Å². The molecule has 3 aromatic heterocycles. The first-order valence-corrected chi connectivity index (χ1v) is 15.6. The Morgan fingerprint density at radius 1 is 0.468 bits per heavy atom. The standard InChI is InChI=1S/C42H27N5/c1-3-12-29(13-4-1)37-26-38(30-14-5-2-6-15-30)45-42(44-37)36-22-21-35(33-17-9-10-18-34(33)36)40-41(47-24-23-43-27-39(47)46-40)32-20-19-28-11-7-8-16-31(28)25-32/h1-27H. The summed E-state index contributed by atoms with van der Waals surface area (Å²) in [6, 6.07) is 50.5. The van der Waals surface area contributed by atoms with Gasteiger partial charge >= 0.3 is 0 Å². The summed E-state index contributed by atoms with van der Waals surface area (Å²) in [5.74, 6) is 0.682. The molecule has 9 rings (SSSR count). The van der Waals surface area contributed by atoms with Crippen molar-refractivity contribution < 1.29 is 0 Å². The Morgan fingerprint density at radius 3 is 1.81 bits per heavy atom. The summed E-state index contributed by atoms with van der Waals surface area (Å²) < 4.78 is 2.13. The highest BCUT2D eigenvalue weighted by atomic mass is 15.0. The summed E-state index contributed by atoms with van der Waals surface area (Å²) in [6.45, 7) is 0. The highest BCUT2D eigenvalue weighted by Crippen LogP contribution is 2.40. The molecule has 9 aromatic rings. The van der Waals surface area contributed by atoms with E-state index in [1.54, 1.807) is 0 Å². The summed E-state index contributed by atoms with van der Waals surface area (Å²) in [5.41, 5.74) is 9.70. The van der Waals surface area contributed by atoms with Gasteiger partial charge in [-0.15, -0.1) is 0 Å². The molecule has 47 heavy (non-hydrogen) atoms. The smallest absolute Gasteiger partial charge is 0.161 e. The second kappa shape index (κ2) is 11.2. The molecular weight excluding hydrogens is 574 g/mol. The van der Waals surface area contributed by atoms with Crippen molar-refractivity contribution in [2.24, 2.45) is 0 Å². The van der Waals surface area contributed by atoms with Gasteiger partial charge in [-0.25, -0.2) is 15.0 Å². The SMILES string of the molecule is c1ccc(-c2cc(-c3ccccc3)nc(-c3ccc(-c4nc5cnccn5c4-c4ccc5ccccc5c4)c4ccccc34)n2)cc1. The highest BCUT2D eigenvalue weighted by molar-refractivity contribution is 6.06. The van der Waals surface area contributed by atoms with Gasteiger partial charge < -0.3 is 0 Å². The van der Waals surface area contributed by atoms with Crippen LogP contribution in [0.5, 0.6) is 0 Å². The van der Waals surface area contributed by atoms with Gasteiger partial charge in [0, 0.05) is 40.2 Å². The fraction of sp³-hybridized carbons (Fsp3) is 0. The predicted molar refractivity (Wildman–Crippen MR) is 191 cm³/mol. The first kappa shape index (κ1) is 26.9. The molecule has 0 spiro atoms. The van der Waals surface area contributed by atoms with E-state index in [-0.39, 0.29) is 0 Å². The van der Waals surface area contributed by atoms with Gasteiger partial charge in [0.1, 0.15) is 0 Å². The predicted octanol–water partition coefficient (Wildman–Crippen LogP) is 10.2. The average molecular weight is 602 g/mol. The highest BCUT2D eigenvalue weighted by Gasteiger charge is 2.21. The van der Waals surface area contributed by atoms with Crippen LogP contribution in [0.15, 0.2) is 164 Å². The van der Waals surface area contributed by atoms with Crippen molar-refractivity contribution in [1.82, 2.24) is 24.3 Å². The van der Waals surface area contributed by atoms with Crippen molar-refractivity contribution in [3.63, 3.8) is 0 Å². The van der Waals surface area contributed by atoms with E-state index in [0.29, 0.717) is 5.82 Å². The minimum atomic E-state index is 0.682. The zero-order valence-corrected chi connectivity index (χ0v) is 25.3. The van der Waals surface area contributed by atoms with E-state index < -0.39 is 0 Å². The van der Waals surface area contributed by atoms with Gasteiger partial charge in [-0.2, -0.15) is 0 Å². The van der Waals surface area contributed by atoms with Crippen LogP contribution in [-0.4, -0.2) is 24.3 Å². The van der Waals surface area contributed by atoms with Gasteiger partial charge in [0.25, 0.3) is 0 Å². The van der Waals surface area contributed by atoms with Crippen LogP contribution >= 0.6 is 0 Å². The zero-order chi connectivity index (χ0) is 31.2. The molecule has 0 aliphatic rings. The molecule has 0 unspecified atom stereocenters. The van der Waals surface area contributed by atoms with Crippen LogP contribution in [0.1, 0.15) is 0 Å². The van der Waals surface area contributed by atoms with Crippen LogP contribution < -0.4 is 0 Å².